The minimum absolute atomic E-state index is 0.168. The highest BCUT2D eigenvalue weighted by atomic mass is 32.2. The van der Waals surface area contributed by atoms with E-state index < -0.39 is 64.2 Å². The number of hydrogen-bond acceptors (Lipinski definition) is 5. The molecule has 1 amide bonds. The van der Waals surface area contributed by atoms with Gasteiger partial charge < -0.3 is 14.7 Å². The van der Waals surface area contributed by atoms with Crippen molar-refractivity contribution in [1.29, 1.82) is 0 Å². The van der Waals surface area contributed by atoms with Gasteiger partial charge in [-0.05, 0) is 0 Å². The quantitative estimate of drug-likeness (QED) is 0.668. The summed E-state index contributed by atoms with van der Waals surface area (Å²) in [5.74, 6) is -4.45. The molecule has 7 nitrogen and oxygen atoms in total. The highest BCUT2D eigenvalue weighted by Gasteiger charge is 2.63. The molecule has 2 fully saturated rings. The van der Waals surface area contributed by atoms with Crippen LogP contribution in [0.4, 0.5) is 13.2 Å². The Bertz CT molecular complexity index is 559. The number of nitrogens with zero attached hydrogens (tertiary/aromatic N) is 1. The average molecular weight is 317 g/mol. The highest BCUT2D eigenvalue weighted by Crippen LogP contribution is 2.36. The van der Waals surface area contributed by atoms with Crippen LogP contribution in [0.15, 0.2) is 0 Å². The Morgan fingerprint density at radius 1 is 1.35 bits per heavy atom. The number of ether oxygens (including phenoxy) is 1. The molecule has 11 heteroatoms. The number of fused-ring (bicyclic) bond motifs is 1. The Kier molecular flexibility index (Phi) is 3.25. The van der Waals surface area contributed by atoms with E-state index in [1.54, 1.807) is 0 Å². The van der Waals surface area contributed by atoms with Crippen LogP contribution in [0.5, 0.6) is 0 Å². The number of carboxylic acid groups (broad SMARTS) is 1. The monoisotopic (exact) mass is 317 g/mol. The zero-order chi connectivity index (χ0) is 15.3. The predicted octanol–water partition coefficient (Wildman–Crippen LogP) is -0.972. The standard InChI is InChI=1S/C9H10F3NO6S/c10-9(11,12)6(14)13-3-5-8(4-13,7(15)16)19-1-2-20(5,17)18/h5H,1-4H2,(H,15,16)/t5-,8+/m1/s1. The number of likely N-dealkylation sites (tertiary alicyclic amines) is 1. The lowest BCUT2D eigenvalue weighted by molar-refractivity contribution is -0.186. The Labute approximate surface area is 111 Å². The zero-order valence-electron chi connectivity index (χ0n) is 9.88. The maximum Gasteiger partial charge on any atom is 0.471 e. The van der Waals surface area contributed by atoms with E-state index in [1.807, 2.05) is 0 Å². The summed E-state index contributed by atoms with van der Waals surface area (Å²) in [7, 11) is -3.94. The molecule has 2 saturated heterocycles. The second-order valence-electron chi connectivity index (χ2n) is 4.58. The Hall–Kier alpha value is -1.36. The molecule has 2 heterocycles. The van der Waals surface area contributed by atoms with E-state index >= 15 is 0 Å². The van der Waals surface area contributed by atoms with Crippen molar-refractivity contribution in [3.05, 3.63) is 0 Å². The largest absolute Gasteiger partial charge is 0.479 e. The lowest BCUT2D eigenvalue weighted by atomic mass is 10.0. The van der Waals surface area contributed by atoms with Crippen LogP contribution in [0.1, 0.15) is 0 Å². The molecule has 0 radical (unpaired) electrons. The van der Waals surface area contributed by atoms with E-state index in [4.69, 9.17) is 9.84 Å². The molecular weight excluding hydrogens is 307 g/mol. The minimum atomic E-state index is -5.20. The lowest BCUT2D eigenvalue weighted by Crippen LogP contribution is -2.59. The fourth-order valence-electron chi connectivity index (χ4n) is 2.42. The van der Waals surface area contributed by atoms with Crippen LogP contribution in [0.3, 0.4) is 0 Å². The molecule has 0 aliphatic carbocycles. The summed E-state index contributed by atoms with van der Waals surface area (Å²) in [6, 6.07) is 0. The van der Waals surface area contributed by atoms with E-state index in [0.29, 0.717) is 0 Å². The Morgan fingerprint density at radius 2 is 1.95 bits per heavy atom. The molecule has 0 aromatic heterocycles. The van der Waals surface area contributed by atoms with Gasteiger partial charge in [-0.1, -0.05) is 0 Å². The fraction of sp³-hybridized carbons (Fsp3) is 0.778. The number of alkyl halides is 3. The highest BCUT2D eigenvalue weighted by molar-refractivity contribution is 7.92. The Morgan fingerprint density at radius 3 is 2.40 bits per heavy atom. The van der Waals surface area contributed by atoms with E-state index in [0.717, 1.165) is 0 Å². The van der Waals surface area contributed by atoms with Crippen LogP contribution in [0.25, 0.3) is 0 Å². The molecule has 0 spiro atoms. The molecule has 0 unspecified atom stereocenters. The summed E-state index contributed by atoms with van der Waals surface area (Å²) in [5.41, 5.74) is -2.32. The number of carbonyl (C=O) groups excluding carboxylic acids is 1. The summed E-state index contributed by atoms with van der Waals surface area (Å²) in [5, 5.41) is 7.44. The number of amides is 1. The van der Waals surface area contributed by atoms with Gasteiger partial charge in [-0.15, -0.1) is 0 Å². The third-order valence-corrected chi connectivity index (χ3v) is 5.52. The molecular formula is C9H10F3NO6S. The first kappa shape index (κ1) is 15.0. The third-order valence-electron chi connectivity index (χ3n) is 3.38. The number of sulfone groups is 1. The van der Waals surface area contributed by atoms with Crippen LogP contribution in [-0.4, -0.2) is 72.8 Å². The molecule has 2 aliphatic heterocycles. The van der Waals surface area contributed by atoms with Crippen LogP contribution < -0.4 is 0 Å². The van der Waals surface area contributed by atoms with Crippen molar-refractivity contribution in [3.63, 3.8) is 0 Å². The average Bonchev–Trinajstić information content (AvgIpc) is 2.68. The third kappa shape index (κ3) is 2.14. The van der Waals surface area contributed by atoms with E-state index in [2.05, 4.69) is 0 Å². The van der Waals surface area contributed by atoms with E-state index in [9.17, 15) is 31.2 Å². The van der Waals surface area contributed by atoms with Crippen LogP contribution in [0.2, 0.25) is 0 Å². The summed E-state index contributed by atoms with van der Waals surface area (Å²) >= 11 is 0. The number of carboxylic acids is 1. The van der Waals surface area contributed by atoms with Gasteiger partial charge in [-0.2, -0.15) is 13.2 Å². The molecule has 2 aliphatic rings. The minimum Gasteiger partial charge on any atom is -0.479 e. The summed E-state index contributed by atoms with van der Waals surface area (Å²) in [6.45, 7) is -2.21. The van der Waals surface area contributed by atoms with E-state index in [-0.39, 0.29) is 4.90 Å². The second-order valence-corrected chi connectivity index (χ2v) is 6.89. The van der Waals surface area contributed by atoms with Crippen LogP contribution >= 0.6 is 0 Å². The van der Waals surface area contributed by atoms with Gasteiger partial charge in [-0.3, -0.25) is 4.79 Å². The first-order valence-electron chi connectivity index (χ1n) is 5.46. The predicted molar refractivity (Wildman–Crippen MR) is 56.5 cm³/mol. The van der Waals surface area contributed by atoms with Crippen LogP contribution in [-0.2, 0) is 24.2 Å². The van der Waals surface area contributed by atoms with Gasteiger partial charge in [0.1, 0.15) is 5.25 Å². The molecule has 0 bridgehead atoms. The number of halogens is 3. The SMILES string of the molecule is O=C(N1C[C@@H]2[C@](C(=O)O)(C1)OCCS2(=O)=O)C(F)(F)F. The molecule has 114 valence electrons. The van der Waals surface area contributed by atoms with E-state index in [1.165, 1.54) is 0 Å². The molecule has 20 heavy (non-hydrogen) atoms. The lowest BCUT2D eigenvalue weighted by Gasteiger charge is -2.33. The maximum absolute atomic E-state index is 12.4. The normalized spacial score (nSPS) is 32.8. The summed E-state index contributed by atoms with van der Waals surface area (Å²) in [6.07, 6.45) is -5.20. The van der Waals surface area contributed by atoms with Crippen molar-refractivity contribution in [2.45, 2.75) is 17.0 Å². The van der Waals surface area contributed by atoms with Gasteiger partial charge in [0, 0.05) is 6.54 Å². The first-order valence-corrected chi connectivity index (χ1v) is 7.17. The van der Waals surface area contributed by atoms with Crippen molar-refractivity contribution in [2.75, 3.05) is 25.4 Å². The smallest absolute Gasteiger partial charge is 0.471 e. The molecule has 0 aromatic rings. The van der Waals surface area contributed by atoms with Crippen molar-refractivity contribution < 1.29 is 41.0 Å². The zero-order valence-corrected chi connectivity index (χ0v) is 10.7. The van der Waals surface area contributed by atoms with Gasteiger partial charge in [-0.25, -0.2) is 13.2 Å². The van der Waals surface area contributed by atoms with Crippen molar-refractivity contribution in [1.82, 2.24) is 4.90 Å². The van der Waals surface area contributed by atoms with Crippen molar-refractivity contribution >= 4 is 21.7 Å². The maximum atomic E-state index is 12.4. The molecule has 1 N–H and O–H groups in total. The number of rotatable bonds is 1. The topological polar surface area (TPSA) is 101 Å². The van der Waals surface area contributed by atoms with Gasteiger partial charge in [0.2, 0.25) is 5.60 Å². The second kappa shape index (κ2) is 4.32. The number of hydrogen-bond donors (Lipinski definition) is 1. The van der Waals surface area contributed by atoms with Crippen LogP contribution in [0, 0.1) is 0 Å². The molecule has 0 aromatic carbocycles. The number of carbonyl (C=O) groups is 2. The van der Waals surface area contributed by atoms with Gasteiger partial charge in [0.05, 0.1) is 18.9 Å². The van der Waals surface area contributed by atoms with Crippen molar-refractivity contribution in [3.8, 4) is 0 Å². The summed E-state index contributed by atoms with van der Waals surface area (Å²) < 4.78 is 65.7. The molecule has 2 rings (SSSR count). The summed E-state index contributed by atoms with van der Waals surface area (Å²) in [4.78, 5) is 22.6. The van der Waals surface area contributed by atoms with Gasteiger partial charge in [0.25, 0.3) is 0 Å². The number of aliphatic carboxylic acids is 1. The van der Waals surface area contributed by atoms with Crippen molar-refractivity contribution in [2.24, 2.45) is 0 Å². The molecule has 2 atom stereocenters. The Balaban J connectivity index is 2.40. The van der Waals surface area contributed by atoms with Gasteiger partial charge >= 0.3 is 18.1 Å². The molecule has 0 saturated carbocycles. The first-order chi connectivity index (χ1) is 9.01. The fourth-order valence-corrected chi connectivity index (χ4v) is 4.25. The van der Waals surface area contributed by atoms with Gasteiger partial charge in [0.15, 0.2) is 9.84 Å².